The Morgan fingerprint density at radius 3 is 2.47 bits per heavy atom. The van der Waals surface area contributed by atoms with Crippen LogP contribution >= 0.6 is 0 Å². The molecule has 3 aliphatic rings. The van der Waals surface area contributed by atoms with Crippen LogP contribution < -0.4 is 5.73 Å². The lowest BCUT2D eigenvalue weighted by molar-refractivity contribution is 0.0268. The summed E-state index contributed by atoms with van der Waals surface area (Å²) < 4.78 is 0. The zero-order chi connectivity index (χ0) is 13.5. The van der Waals surface area contributed by atoms with E-state index in [1.807, 2.05) is 0 Å². The van der Waals surface area contributed by atoms with Gasteiger partial charge in [0.05, 0.1) is 0 Å². The van der Waals surface area contributed by atoms with Crippen LogP contribution in [0.5, 0.6) is 0 Å². The minimum Gasteiger partial charge on any atom is -0.329 e. The van der Waals surface area contributed by atoms with Crippen molar-refractivity contribution in [2.45, 2.75) is 57.5 Å². The van der Waals surface area contributed by atoms with Gasteiger partial charge >= 0.3 is 0 Å². The maximum atomic E-state index is 6.28. The first-order valence-corrected chi connectivity index (χ1v) is 8.36. The number of piperidine rings is 1. The molecule has 0 amide bonds. The number of rotatable bonds is 3. The summed E-state index contributed by atoms with van der Waals surface area (Å²) >= 11 is 0. The second-order valence-corrected chi connectivity index (χ2v) is 7.32. The lowest BCUT2D eigenvalue weighted by Crippen LogP contribution is -2.61. The summed E-state index contributed by atoms with van der Waals surface area (Å²) in [5.41, 5.74) is 6.60. The molecular formula is C16H31N3. The maximum absolute atomic E-state index is 6.28. The average Bonchev–Trinajstić information content (AvgIpc) is 3.01. The molecule has 0 aromatic carbocycles. The minimum atomic E-state index is 0.318. The smallest absolute Gasteiger partial charge is 0.0498 e. The standard InChI is InChI=1S/C16H31N3/c1-13(2)14-5-9-19(10-6-14)16(12-17)7-11-18-8-3-4-15(16)18/h13-15H,3-12,17H2,1-2H3. The molecule has 110 valence electrons. The van der Waals surface area contributed by atoms with Crippen LogP contribution in [-0.2, 0) is 0 Å². The maximum Gasteiger partial charge on any atom is 0.0498 e. The van der Waals surface area contributed by atoms with Gasteiger partial charge in [-0.15, -0.1) is 0 Å². The van der Waals surface area contributed by atoms with E-state index < -0.39 is 0 Å². The van der Waals surface area contributed by atoms with Gasteiger partial charge in [0.25, 0.3) is 0 Å². The number of hydrogen-bond acceptors (Lipinski definition) is 3. The van der Waals surface area contributed by atoms with Gasteiger partial charge in [0.15, 0.2) is 0 Å². The van der Waals surface area contributed by atoms with E-state index in [4.69, 9.17) is 5.73 Å². The number of likely N-dealkylation sites (tertiary alicyclic amines) is 1. The van der Waals surface area contributed by atoms with Crippen LogP contribution in [-0.4, -0.2) is 54.1 Å². The van der Waals surface area contributed by atoms with Crippen molar-refractivity contribution in [1.82, 2.24) is 9.80 Å². The lowest BCUT2D eigenvalue weighted by atomic mass is 9.81. The summed E-state index contributed by atoms with van der Waals surface area (Å²) in [5, 5.41) is 0. The van der Waals surface area contributed by atoms with Crippen LogP contribution in [0.25, 0.3) is 0 Å². The van der Waals surface area contributed by atoms with E-state index in [0.717, 1.165) is 24.4 Å². The molecule has 3 rings (SSSR count). The molecule has 3 saturated heterocycles. The van der Waals surface area contributed by atoms with Crippen molar-refractivity contribution in [1.29, 1.82) is 0 Å². The first-order chi connectivity index (χ1) is 9.17. The van der Waals surface area contributed by atoms with E-state index in [1.165, 1.54) is 58.3 Å². The van der Waals surface area contributed by atoms with E-state index in [1.54, 1.807) is 0 Å². The predicted octanol–water partition coefficient (Wildman–Crippen LogP) is 1.92. The van der Waals surface area contributed by atoms with Crippen molar-refractivity contribution in [2.75, 3.05) is 32.7 Å². The van der Waals surface area contributed by atoms with Crippen molar-refractivity contribution in [3.8, 4) is 0 Å². The molecule has 3 aliphatic heterocycles. The zero-order valence-corrected chi connectivity index (χ0v) is 12.8. The average molecular weight is 265 g/mol. The zero-order valence-electron chi connectivity index (χ0n) is 12.8. The van der Waals surface area contributed by atoms with Crippen LogP contribution in [0.4, 0.5) is 0 Å². The third-order valence-electron chi connectivity index (χ3n) is 6.28. The molecule has 0 aromatic rings. The van der Waals surface area contributed by atoms with Crippen molar-refractivity contribution in [2.24, 2.45) is 17.6 Å². The van der Waals surface area contributed by atoms with Gasteiger partial charge in [0.2, 0.25) is 0 Å². The van der Waals surface area contributed by atoms with Crippen molar-refractivity contribution in [3.05, 3.63) is 0 Å². The van der Waals surface area contributed by atoms with Gasteiger partial charge in [-0.1, -0.05) is 13.8 Å². The fourth-order valence-electron chi connectivity index (χ4n) is 4.95. The van der Waals surface area contributed by atoms with Gasteiger partial charge in [-0.2, -0.15) is 0 Å². The molecule has 0 aliphatic carbocycles. The van der Waals surface area contributed by atoms with E-state index >= 15 is 0 Å². The lowest BCUT2D eigenvalue weighted by Gasteiger charge is -2.48. The van der Waals surface area contributed by atoms with Crippen LogP contribution in [0.1, 0.15) is 46.0 Å². The summed E-state index contributed by atoms with van der Waals surface area (Å²) in [6, 6.07) is 0.757. The van der Waals surface area contributed by atoms with Crippen LogP contribution in [0.3, 0.4) is 0 Å². The second kappa shape index (κ2) is 5.34. The third kappa shape index (κ3) is 2.24. The van der Waals surface area contributed by atoms with Gasteiger partial charge in [-0.25, -0.2) is 0 Å². The molecule has 19 heavy (non-hydrogen) atoms. The van der Waals surface area contributed by atoms with Crippen molar-refractivity contribution < 1.29 is 0 Å². The summed E-state index contributed by atoms with van der Waals surface area (Å²) in [6.07, 6.45) is 6.83. The van der Waals surface area contributed by atoms with Crippen LogP contribution in [0.2, 0.25) is 0 Å². The molecule has 2 atom stereocenters. The van der Waals surface area contributed by atoms with Gasteiger partial charge in [0.1, 0.15) is 0 Å². The molecule has 0 bridgehead atoms. The Balaban J connectivity index is 1.70. The monoisotopic (exact) mass is 265 g/mol. The molecule has 0 aromatic heterocycles. The van der Waals surface area contributed by atoms with Crippen LogP contribution in [0.15, 0.2) is 0 Å². The Morgan fingerprint density at radius 2 is 1.84 bits per heavy atom. The van der Waals surface area contributed by atoms with Gasteiger partial charge in [-0.05, 0) is 63.6 Å². The molecule has 0 spiro atoms. The predicted molar refractivity (Wildman–Crippen MR) is 80.1 cm³/mol. The Hall–Kier alpha value is -0.120. The number of fused-ring (bicyclic) bond motifs is 1. The van der Waals surface area contributed by atoms with Crippen molar-refractivity contribution in [3.63, 3.8) is 0 Å². The Kier molecular flexibility index (Phi) is 3.89. The minimum absolute atomic E-state index is 0.318. The highest BCUT2D eigenvalue weighted by Crippen LogP contribution is 2.41. The molecule has 2 unspecified atom stereocenters. The van der Waals surface area contributed by atoms with Crippen LogP contribution in [0, 0.1) is 11.8 Å². The Bertz CT molecular complexity index is 309. The molecular weight excluding hydrogens is 234 g/mol. The number of hydrogen-bond donors (Lipinski definition) is 1. The SMILES string of the molecule is CC(C)C1CCN(C2(CN)CCN3CCCC32)CC1. The van der Waals surface area contributed by atoms with Gasteiger partial charge in [0, 0.05) is 24.7 Å². The third-order valence-corrected chi connectivity index (χ3v) is 6.28. The first kappa shape index (κ1) is 13.8. The van der Waals surface area contributed by atoms with Gasteiger partial charge in [-0.3, -0.25) is 9.80 Å². The molecule has 3 heterocycles. The van der Waals surface area contributed by atoms with E-state index in [0.29, 0.717) is 5.54 Å². The van der Waals surface area contributed by atoms with Crippen molar-refractivity contribution >= 4 is 0 Å². The summed E-state index contributed by atoms with van der Waals surface area (Å²) in [5.74, 6) is 1.79. The molecule has 3 fully saturated rings. The fraction of sp³-hybridized carbons (Fsp3) is 1.00. The summed E-state index contributed by atoms with van der Waals surface area (Å²) in [6.45, 7) is 10.8. The number of nitrogens with two attached hydrogens (primary N) is 1. The largest absolute Gasteiger partial charge is 0.329 e. The highest BCUT2D eigenvalue weighted by atomic mass is 15.3. The Labute approximate surface area is 118 Å². The highest BCUT2D eigenvalue weighted by molar-refractivity contribution is 5.10. The van der Waals surface area contributed by atoms with Gasteiger partial charge < -0.3 is 5.73 Å². The normalized spacial score (nSPS) is 38.2. The quantitative estimate of drug-likeness (QED) is 0.846. The summed E-state index contributed by atoms with van der Waals surface area (Å²) in [4.78, 5) is 5.49. The van der Waals surface area contributed by atoms with E-state index in [2.05, 4.69) is 23.6 Å². The second-order valence-electron chi connectivity index (χ2n) is 7.32. The molecule has 0 radical (unpaired) electrons. The highest BCUT2D eigenvalue weighted by Gasteiger charge is 2.51. The molecule has 2 N–H and O–H groups in total. The van der Waals surface area contributed by atoms with E-state index in [9.17, 15) is 0 Å². The fourth-order valence-corrected chi connectivity index (χ4v) is 4.95. The summed E-state index contributed by atoms with van der Waals surface area (Å²) in [7, 11) is 0. The molecule has 3 heteroatoms. The Morgan fingerprint density at radius 1 is 1.11 bits per heavy atom. The van der Waals surface area contributed by atoms with E-state index in [-0.39, 0.29) is 0 Å². The molecule has 0 saturated carbocycles. The first-order valence-electron chi connectivity index (χ1n) is 8.36. The topological polar surface area (TPSA) is 32.5 Å². The molecule has 3 nitrogen and oxygen atoms in total. The number of nitrogens with zero attached hydrogens (tertiary/aromatic N) is 2.